The Bertz CT molecular complexity index is 955. The Morgan fingerprint density at radius 1 is 1.19 bits per heavy atom. The molecule has 1 saturated heterocycles. The summed E-state index contributed by atoms with van der Waals surface area (Å²) in [6, 6.07) is 9.63. The normalized spacial score (nSPS) is 15.1. The van der Waals surface area contributed by atoms with Crippen LogP contribution in [0.4, 0.5) is 15.8 Å². The number of anilines is 1. The van der Waals surface area contributed by atoms with Crippen LogP contribution in [0.25, 0.3) is 11.5 Å². The molecule has 0 N–H and O–H groups in total. The molecule has 3 heterocycles. The van der Waals surface area contributed by atoms with Gasteiger partial charge in [0.2, 0.25) is 17.5 Å². The molecule has 0 atom stereocenters. The number of para-hydroxylation sites is 1. The second-order valence-electron chi connectivity index (χ2n) is 6.30. The summed E-state index contributed by atoms with van der Waals surface area (Å²) < 4.78 is 19.2. The topological polar surface area (TPSA) is 98.2 Å². The molecular weight excluding hydrogens is 353 g/mol. The molecule has 1 aliphatic rings. The highest BCUT2D eigenvalue weighted by Crippen LogP contribution is 2.35. The van der Waals surface area contributed by atoms with Gasteiger partial charge in [-0.15, -0.1) is 0 Å². The summed E-state index contributed by atoms with van der Waals surface area (Å²) in [5, 5.41) is 15.2. The van der Waals surface area contributed by atoms with Crippen molar-refractivity contribution >= 4 is 11.4 Å². The third kappa shape index (κ3) is 3.35. The third-order valence-electron chi connectivity index (χ3n) is 4.67. The van der Waals surface area contributed by atoms with Crippen LogP contribution in [-0.2, 0) is 0 Å². The van der Waals surface area contributed by atoms with Crippen molar-refractivity contribution in [3.63, 3.8) is 0 Å². The van der Waals surface area contributed by atoms with Crippen LogP contribution >= 0.6 is 0 Å². The van der Waals surface area contributed by atoms with Crippen molar-refractivity contribution < 1.29 is 13.8 Å². The van der Waals surface area contributed by atoms with Gasteiger partial charge >= 0.3 is 5.69 Å². The Kier molecular flexibility index (Phi) is 4.49. The number of halogens is 1. The fourth-order valence-corrected chi connectivity index (χ4v) is 3.31. The van der Waals surface area contributed by atoms with E-state index in [1.165, 1.54) is 6.07 Å². The van der Waals surface area contributed by atoms with Crippen molar-refractivity contribution in [1.82, 2.24) is 15.1 Å². The molecule has 0 spiro atoms. The molecular formula is C18H16FN5O3. The zero-order valence-corrected chi connectivity index (χ0v) is 14.3. The average Bonchev–Trinajstić information content (AvgIpc) is 3.18. The van der Waals surface area contributed by atoms with Gasteiger partial charge in [-0.1, -0.05) is 17.3 Å². The number of nitro benzene ring substituents is 1. The fraction of sp³-hybridized carbons (Fsp3) is 0.278. The van der Waals surface area contributed by atoms with Crippen LogP contribution in [0, 0.1) is 15.9 Å². The van der Waals surface area contributed by atoms with E-state index < -0.39 is 16.4 Å². The first-order chi connectivity index (χ1) is 13.1. The largest absolute Gasteiger partial charge is 0.366 e. The highest BCUT2D eigenvalue weighted by molar-refractivity contribution is 5.64. The molecule has 0 bridgehead atoms. The van der Waals surface area contributed by atoms with Gasteiger partial charge in [-0.2, -0.15) is 9.37 Å². The Morgan fingerprint density at radius 2 is 2.00 bits per heavy atom. The summed E-state index contributed by atoms with van der Waals surface area (Å²) in [6.45, 7) is 1.08. The van der Waals surface area contributed by atoms with Crippen LogP contribution in [0.2, 0.25) is 0 Å². The first kappa shape index (κ1) is 17.1. The van der Waals surface area contributed by atoms with Crippen LogP contribution in [0.15, 0.2) is 47.1 Å². The first-order valence-electron chi connectivity index (χ1n) is 8.56. The fourth-order valence-electron chi connectivity index (χ4n) is 3.31. The molecule has 0 unspecified atom stereocenters. The number of pyridine rings is 1. The van der Waals surface area contributed by atoms with E-state index in [4.69, 9.17) is 4.52 Å². The van der Waals surface area contributed by atoms with Crippen LogP contribution in [0.1, 0.15) is 24.7 Å². The Balaban J connectivity index is 1.48. The van der Waals surface area contributed by atoms with E-state index in [1.807, 2.05) is 17.0 Å². The maximum atomic E-state index is 13.9. The number of nitro groups is 1. The standard InChI is InChI=1S/C18H16FN5O3/c19-13-4-3-6-15(16(13)24(25)26)23-10-7-12(8-11-23)18-21-17(22-27-18)14-5-1-2-9-20-14/h1-6,9,12H,7-8,10-11H2. The third-order valence-corrected chi connectivity index (χ3v) is 4.67. The minimum absolute atomic E-state index is 0.0545. The van der Waals surface area contributed by atoms with Gasteiger partial charge in [-0.05, 0) is 37.1 Å². The van der Waals surface area contributed by atoms with E-state index >= 15 is 0 Å². The van der Waals surface area contributed by atoms with E-state index in [2.05, 4.69) is 15.1 Å². The molecule has 1 aromatic carbocycles. The lowest BCUT2D eigenvalue weighted by molar-refractivity contribution is -0.386. The number of piperidine rings is 1. The first-order valence-corrected chi connectivity index (χ1v) is 8.56. The molecule has 0 radical (unpaired) electrons. The summed E-state index contributed by atoms with van der Waals surface area (Å²) in [7, 11) is 0. The van der Waals surface area contributed by atoms with Gasteiger partial charge in [0.25, 0.3) is 0 Å². The molecule has 0 aliphatic carbocycles. The summed E-state index contributed by atoms with van der Waals surface area (Å²) in [6.07, 6.45) is 3.02. The Morgan fingerprint density at radius 3 is 2.70 bits per heavy atom. The molecule has 8 nitrogen and oxygen atoms in total. The summed E-state index contributed by atoms with van der Waals surface area (Å²) in [5.41, 5.74) is 0.463. The maximum Gasteiger partial charge on any atom is 0.327 e. The minimum atomic E-state index is -0.823. The van der Waals surface area contributed by atoms with Gasteiger partial charge in [-0.25, -0.2) is 0 Å². The van der Waals surface area contributed by atoms with Crippen molar-refractivity contribution in [3.05, 3.63) is 64.4 Å². The molecule has 1 aliphatic heterocycles. The Labute approximate surface area is 153 Å². The lowest BCUT2D eigenvalue weighted by Crippen LogP contribution is -2.33. The highest BCUT2D eigenvalue weighted by Gasteiger charge is 2.30. The number of aromatic nitrogens is 3. The lowest BCUT2D eigenvalue weighted by Gasteiger charge is -2.31. The van der Waals surface area contributed by atoms with Crippen LogP contribution < -0.4 is 4.90 Å². The Hall–Kier alpha value is -3.36. The minimum Gasteiger partial charge on any atom is -0.366 e. The number of hydrogen-bond donors (Lipinski definition) is 0. The maximum absolute atomic E-state index is 13.9. The van der Waals surface area contributed by atoms with Crippen molar-refractivity contribution in [2.75, 3.05) is 18.0 Å². The quantitative estimate of drug-likeness (QED) is 0.512. The molecule has 3 aromatic rings. The SMILES string of the molecule is O=[N+]([O-])c1c(F)cccc1N1CCC(c2nc(-c3ccccn3)no2)CC1. The predicted octanol–water partition coefficient (Wildman–Crippen LogP) is 3.56. The van der Waals surface area contributed by atoms with Gasteiger partial charge in [-0.3, -0.25) is 15.1 Å². The molecule has 4 rings (SSSR count). The van der Waals surface area contributed by atoms with Crippen molar-refractivity contribution in [2.45, 2.75) is 18.8 Å². The lowest BCUT2D eigenvalue weighted by atomic mass is 9.96. The summed E-state index contributed by atoms with van der Waals surface area (Å²) in [4.78, 5) is 21.0. The van der Waals surface area contributed by atoms with E-state index in [-0.39, 0.29) is 5.92 Å². The molecule has 1 fully saturated rings. The summed E-state index contributed by atoms with van der Waals surface area (Å²) in [5.74, 6) is 0.202. The van der Waals surface area contributed by atoms with Crippen molar-refractivity contribution in [2.24, 2.45) is 0 Å². The van der Waals surface area contributed by atoms with Crippen LogP contribution in [0.3, 0.4) is 0 Å². The number of nitrogens with zero attached hydrogens (tertiary/aromatic N) is 5. The van der Waals surface area contributed by atoms with Gasteiger partial charge < -0.3 is 9.42 Å². The van der Waals surface area contributed by atoms with Crippen molar-refractivity contribution in [3.8, 4) is 11.5 Å². The smallest absolute Gasteiger partial charge is 0.327 e. The molecule has 9 heteroatoms. The van der Waals surface area contributed by atoms with Crippen LogP contribution in [-0.4, -0.2) is 33.1 Å². The molecule has 138 valence electrons. The van der Waals surface area contributed by atoms with E-state index in [0.29, 0.717) is 49.0 Å². The second kappa shape index (κ2) is 7.10. The van der Waals surface area contributed by atoms with E-state index in [9.17, 15) is 14.5 Å². The van der Waals surface area contributed by atoms with Gasteiger partial charge in [0, 0.05) is 25.2 Å². The molecule has 27 heavy (non-hydrogen) atoms. The molecule has 0 saturated carbocycles. The monoisotopic (exact) mass is 369 g/mol. The van der Waals surface area contributed by atoms with Gasteiger partial charge in [0.15, 0.2) is 0 Å². The predicted molar refractivity (Wildman–Crippen MR) is 94.8 cm³/mol. The molecule has 0 amide bonds. The van der Waals surface area contributed by atoms with E-state index in [0.717, 1.165) is 6.07 Å². The zero-order valence-electron chi connectivity index (χ0n) is 14.3. The number of rotatable bonds is 4. The zero-order chi connectivity index (χ0) is 18.8. The highest BCUT2D eigenvalue weighted by atomic mass is 19.1. The van der Waals surface area contributed by atoms with Gasteiger partial charge in [0.05, 0.1) is 4.92 Å². The number of hydrogen-bond acceptors (Lipinski definition) is 7. The van der Waals surface area contributed by atoms with E-state index in [1.54, 1.807) is 18.3 Å². The molecule has 2 aromatic heterocycles. The van der Waals surface area contributed by atoms with Gasteiger partial charge in [0.1, 0.15) is 11.4 Å². The van der Waals surface area contributed by atoms with Crippen LogP contribution in [0.5, 0.6) is 0 Å². The van der Waals surface area contributed by atoms with Crippen molar-refractivity contribution in [1.29, 1.82) is 0 Å². The number of benzene rings is 1. The second-order valence-corrected chi connectivity index (χ2v) is 6.30. The summed E-state index contributed by atoms with van der Waals surface area (Å²) >= 11 is 0. The average molecular weight is 369 g/mol.